The number of amidine groups is 1. The molecule has 0 atom stereocenters. The number of nitrogens with two attached hydrogens (primary N) is 2. The van der Waals surface area contributed by atoms with Crippen molar-refractivity contribution in [1.82, 2.24) is 10.3 Å². The first-order chi connectivity index (χ1) is 13.2. The van der Waals surface area contributed by atoms with Crippen molar-refractivity contribution in [3.63, 3.8) is 0 Å². The van der Waals surface area contributed by atoms with E-state index in [4.69, 9.17) is 26.4 Å². The van der Waals surface area contributed by atoms with Crippen LogP contribution in [0.15, 0.2) is 36.5 Å². The van der Waals surface area contributed by atoms with Crippen LogP contribution in [0.25, 0.3) is 16.6 Å². The highest BCUT2D eigenvalue weighted by Gasteiger charge is 2.16. The molecule has 0 saturated carbocycles. The summed E-state index contributed by atoms with van der Waals surface area (Å²) in [7, 11) is 0. The monoisotopic (exact) mass is 385 g/mol. The quantitative estimate of drug-likeness (QED) is 0.329. The van der Waals surface area contributed by atoms with E-state index in [9.17, 15) is 4.79 Å². The topological polar surface area (TPSA) is 136 Å². The maximum atomic E-state index is 11.6. The van der Waals surface area contributed by atoms with Crippen molar-refractivity contribution in [1.29, 1.82) is 5.41 Å². The second kappa shape index (κ2) is 9.07. The van der Waals surface area contributed by atoms with Crippen LogP contribution in [0.2, 0.25) is 0 Å². The van der Waals surface area contributed by atoms with Gasteiger partial charge in [0.15, 0.2) is 0 Å². The van der Waals surface area contributed by atoms with Crippen LogP contribution in [0.4, 0.5) is 4.79 Å². The van der Waals surface area contributed by atoms with Crippen molar-refractivity contribution in [2.24, 2.45) is 11.5 Å². The average molecular weight is 385 g/mol. The van der Waals surface area contributed by atoms with Gasteiger partial charge in [0.1, 0.15) is 17.2 Å². The summed E-state index contributed by atoms with van der Waals surface area (Å²) in [6.07, 6.45) is 3.15. The maximum Gasteiger partial charge on any atom is 0.407 e. The third-order valence-corrected chi connectivity index (χ3v) is 3.58. The second-order valence-corrected chi connectivity index (χ2v) is 7.20. The van der Waals surface area contributed by atoms with Crippen LogP contribution in [-0.4, -0.2) is 35.7 Å². The maximum absolute atomic E-state index is 11.6. The SMILES string of the molecule is CC(C)(C)OC(=O)NCCCOc1ccc2cccnc2c1/C(N)=C/C(=N)N. The van der Waals surface area contributed by atoms with Gasteiger partial charge in [-0.1, -0.05) is 6.07 Å². The smallest absolute Gasteiger partial charge is 0.407 e. The fraction of sp³-hybridized carbons (Fsp3) is 0.350. The molecule has 1 heterocycles. The zero-order valence-electron chi connectivity index (χ0n) is 16.4. The number of nitrogens with zero attached hydrogens (tertiary/aromatic N) is 1. The van der Waals surface area contributed by atoms with Crippen molar-refractivity contribution in [3.05, 3.63) is 42.1 Å². The minimum atomic E-state index is -0.534. The number of alkyl carbamates (subject to hydrolysis) is 1. The minimum absolute atomic E-state index is 0.155. The molecule has 0 radical (unpaired) electrons. The summed E-state index contributed by atoms with van der Waals surface area (Å²) in [5.41, 5.74) is 12.6. The molecule has 0 saturated heterocycles. The van der Waals surface area contributed by atoms with E-state index in [1.54, 1.807) is 6.20 Å². The molecule has 0 aliphatic carbocycles. The molecular formula is C20H27N5O3. The van der Waals surface area contributed by atoms with Gasteiger partial charge in [-0.05, 0) is 45.4 Å². The van der Waals surface area contributed by atoms with Crippen molar-refractivity contribution in [2.75, 3.05) is 13.2 Å². The molecule has 1 aromatic carbocycles. The van der Waals surface area contributed by atoms with Gasteiger partial charge in [0.2, 0.25) is 0 Å². The molecule has 0 aliphatic heterocycles. The third kappa shape index (κ3) is 6.15. The van der Waals surface area contributed by atoms with Gasteiger partial charge >= 0.3 is 6.09 Å². The summed E-state index contributed by atoms with van der Waals surface area (Å²) in [6.45, 7) is 6.20. The molecule has 2 rings (SSSR count). The molecule has 2 aromatic rings. The Hall–Kier alpha value is -3.29. The number of pyridine rings is 1. The predicted molar refractivity (Wildman–Crippen MR) is 110 cm³/mol. The Labute approximate surface area is 164 Å². The largest absolute Gasteiger partial charge is 0.493 e. The minimum Gasteiger partial charge on any atom is -0.493 e. The first kappa shape index (κ1) is 21.0. The number of hydrogen-bond acceptors (Lipinski definition) is 6. The second-order valence-electron chi connectivity index (χ2n) is 7.20. The number of ether oxygens (including phenoxy) is 2. The summed E-state index contributed by atoms with van der Waals surface area (Å²) in [5.74, 6) is 0.386. The normalized spacial score (nSPS) is 11.9. The molecule has 0 spiro atoms. The Balaban J connectivity index is 2.06. The van der Waals surface area contributed by atoms with E-state index >= 15 is 0 Å². The number of benzene rings is 1. The van der Waals surface area contributed by atoms with Gasteiger partial charge in [-0.3, -0.25) is 10.4 Å². The van der Waals surface area contributed by atoms with E-state index in [-0.39, 0.29) is 5.84 Å². The Morgan fingerprint density at radius 3 is 2.71 bits per heavy atom. The zero-order chi connectivity index (χ0) is 20.7. The molecule has 0 aliphatic rings. The van der Waals surface area contributed by atoms with Crippen molar-refractivity contribution in [3.8, 4) is 5.75 Å². The molecule has 8 heteroatoms. The zero-order valence-corrected chi connectivity index (χ0v) is 16.4. The van der Waals surface area contributed by atoms with Crippen LogP contribution < -0.4 is 21.5 Å². The lowest BCUT2D eigenvalue weighted by Crippen LogP contribution is -2.33. The van der Waals surface area contributed by atoms with Gasteiger partial charge < -0.3 is 26.3 Å². The van der Waals surface area contributed by atoms with Crippen molar-refractivity contribution in [2.45, 2.75) is 32.8 Å². The summed E-state index contributed by atoms with van der Waals surface area (Å²) in [5, 5.41) is 11.0. The number of amides is 1. The van der Waals surface area contributed by atoms with Gasteiger partial charge in [-0.2, -0.15) is 0 Å². The van der Waals surface area contributed by atoms with Gasteiger partial charge in [0.25, 0.3) is 0 Å². The summed E-state index contributed by atoms with van der Waals surface area (Å²) < 4.78 is 11.0. The van der Waals surface area contributed by atoms with Crippen molar-refractivity contribution < 1.29 is 14.3 Å². The Kier molecular flexibility index (Phi) is 6.81. The Morgan fingerprint density at radius 1 is 1.29 bits per heavy atom. The third-order valence-electron chi connectivity index (χ3n) is 3.58. The lowest BCUT2D eigenvalue weighted by Gasteiger charge is -2.19. The lowest BCUT2D eigenvalue weighted by atomic mass is 10.1. The van der Waals surface area contributed by atoms with Gasteiger partial charge in [-0.25, -0.2) is 4.79 Å². The molecule has 28 heavy (non-hydrogen) atoms. The molecule has 8 nitrogen and oxygen atoms in total. The number of carbonyl (C=O) groups is 1. The van der Waals surface area contributed by atoms with Crippen LogP contribution in [-0.2, 0) is 4.74 Å². The number of rotatable bonds is 7. The fourth-order valence-electron chi connectivity index (χ4n) is 2.52. The molecule has 0 bridgehead atoms. The van der Waals surface area contributed by atoms with E-state index in [0.29, 0.717) is 42.1 Å². The van der Waals surface area contributed by atoms with E-state index in [0.717, 1.165) is 5.39 Å². The van der Waals surface area contributed by atoms with Crippen LogP contribution in [0, 0.1) is 5.41 Å². The molecule has 0 unspecified atom stereocenters. The molecule has 1 aromatic heterocycles. The van der Waals surface area contributed by atoms with Crippen LogP contribution in [0.1, 0.15) is 32.8 Å². The standard InChI is InChI=1S/C20H27N5O3/c1-20(2,3)28-19(26)25-10-5-11-27-15-8-7-13-6-4-9-24-18(13)17(15)14(21)12-16(22)23/h4,6-9,12H,5,10-11,21H2,1-3H3,(H3,22,23)(H,25,26)/b14-12-. The predicted octanol–water partition coefficient (Wildman–Crippen LogP) is 2.76. The lowest BCUT2D eigenvalue weighted by molar-refractivity contribution is 0.0525. The van der Waals surface area contributed by atoms with E-state index in [1.807, 2.05) is 45.0 Å². The summed E-state index contributed by atoms with van der Waals surface area (Å²) in [4.78, 5) is 16.0. The Morgan fingerprint density at radius 2 is 2.04 bits per heavy atom. The van der Waals surface area contributed by atoms with Crippen molar-refractivity contribution >= 4 is 28.5 Å². The Bertz CT molecular complexity index is 887. The number of carbonyl (C=O) groups excluding carboxylic acids is 1. The average Bonchev–Trinajstić information content (AvgIpc) is 2.58. The first-order valence-electron chi connectivity index (χ1n) is 8.96. The van der Waals surface area contributed by atoms with E-state index in [2.05, 4.69) is 10.3 Å². The highest BCUT2D eigenvalue weighted by atomic mass is 16.6. The van der Waals surface area contributed by atoms with Crippen LogP contribution in [0.5, 0.6) is 5.75 Å². The summed E-state index contributed by atoms with van der Waals surface area (Å²) >= 11 is 0. The van der Waals surface area contributed by atoms with E-state index < -0.39 is 11.7 Å². The molecule has 6 N–H and O–H groups in total. The molecule has 0 fully saturated rings. The van der Waals surface area contributed by atoms with Gasteiger partial charge in [0, 0.05) is 29.9 Å². The number of nitrogens with one attached hydrogen (secondary N) is 2. The molecule has 150 valence electrons. The van der Waals surface area contributed by atoms with Crippen LogP contribution >= 0.6 is 0 Å². The number of fused-ring (bicyclic) bond motifs is 1. The fourth-order valence-corrected chi connectivity index (χ4v) is 2.52. The van der Waals surface area contributed by atoms with Gasteiger partial charge in [-0.15, -0.1) is 0 Å². The molecule has 1 amide bonds. The first-order valence-corrected chi connectivity index (χ1v) is 8.96. The van der Waals surface area contributed by atoms with E-state index in [1.165, 1.54) is 6.08 Å². The highest BCUT2D eigenvalue weighted by molar-refractivity contribution is 6.00. The number of hydrogen-bond donors (Lipinski definition) is 4. The summed E-state index contributed by atoms with van der Waals surface area (Å²) in [6, 6.07) is 7.45. The number of aromatic nitrogens is 1. The van der Waals surface area contributed by atoms with Gasteiger partial charge in [0.05, 0.1) is 17.7 Å². The highest BCUT2D eigenvalue weighted by Crippen LogP contribution is 2.30. The molecular weight excluding hydrogens is 358 g/mol. The van der Waals surface area contributed by atoms with Crippen LogP contribution in [0.3, 0.4) is 0 Å².